The molecule has 0 radical (unpaired) electrons. The lowest BCUT2D eigenvalue weighted by Gasteiger charge is -2.10. The molecule has 38 heavy (non-hydrogen) atoms. The van der Waals surface area contributed by atoms with Crippen LogP contribution >= 0.6 is 0 Å². The molecule has 3 aromatic rings. The van der Waals surface area contributed by atoms with Gasteiger partial charge in [-0.2, -0.15) is 0 Å². The molecule has 0 heterocycles. The van der Waals surface area contributed by atoms with Gasteiger partial charge in [-0.15, -0.1) is 0 Å². The minimum Gasteiger partial charge on any atom is -0.494 e. The molecule has 0 spiro atoms. The van der Waals surface area contributed by atoms with Gasteiger partial charge in [-0.1, -0.05) is 50.3 Å². The second-order valence-electron chi connectivity index (χ2n) is 8.87. The number of carbonyl (C=O) groups is 3. The molecule has 0 aromatic heterocycles. The summed E-state index contributed by atoms with van der Waals surface area (Å²) in [4.78, 5) is 35.4. The minimum atomic E-state index is -0.548. The highest BCUT2D eigenvalue weighted by Gasteiger charge is 2.13. The highest BCUT2D eigenvalue weighted by molar-refractivity contribution is 5.93. The van der Waals surface area contributed by atoms with E-state index in [0.29, 0.717) is 36.4 Å². The molecule has 3 rings (SSSR count). The van der Waals surface area contributed by atoms with Crippen molar-refractivity contribution in [3.63, 3.8) is 0 Å². The number of rotatable bonds is 15. The lowest BCUT2D eigenvalue weighted by molar-refractivity contribution is -0.137. The maximum Gasteiger partial charge on any atom is 0.343 e. The van der Waals surface area contributed by atoms with E-state index >= 15 is 0 Å². The SMILES string of the molecule is C=CC(=O)OCCCCCCOc1ccc(C(=O)Oc2ccc(-c3ccc(CCC)cc3)cc2C=O)cc1. The average molecular weight is 515 g/mol. The lowest BCUT2D eigenvalue weighted by Crippen LogP contribution is -2.10. The molecule has 0 bridgehead atoms. The largest absolute Gasteiger partial charge is 0.494 e. The van der Waals surface area contributed by atoms with Crippen LogP contribution in [0.2, 0.25) is 0 Å². The van der Waals surface area contributed by atoms with E-state index in [2.05, 4.69) is 25.6 Å². The summed E-state index contributed by atoms with van der Waals surface area (Å²) < 4.78 is 16.2. The normalized spacial score (nSPS) is 10.4. The molecule has 0 fully saturated rings. The Bertz CT molecular complexity index is 1210. The maximum atomic E-state index is 12.7. The molecule has 6 heteroatoms. The highest BCUT2D eigenvalue weighted by Crippen LogP contribution is 2.27. The summed E-state index contributed by atoms with van der Waals surface area (Å²) in [5.74, 6) is -0.0692. The molecule has 0 unspecified atom stereocenters. The van der Waals surface area contributed by atoms with Gasteiger partial charge in [0.2, 0.25) is 0 Å². The van der Waals surface area contributed by atoms with Crippen molar-refractivity contribution in [3.8, 4) is 22.6 Å². The van der Waals surface area contributed by atoms with Crippen LogP contribution in [0.1, 0.15) is 65.3 Å². The summed E-state index contributed by atoms with van der Waals surface area (Å²) in [6.45, 7) is 6.45. The maximum absolute atomic E-state index is 12.7. The zero-order valence-corrected chi connectivity index (χ0v) is 21.8. The van der Waals surface area contributed by atoms with E-state index in [1.165, 1.54) is 5.56 Å². The van der Waals surface area contributed by atoms with Gasteiger partial charge in [0.05, 0.1) is 24.3 Å². The monoisotopic (exact) mass is 514 g/mol. The van der Waals surface area contributed by atoms with Crippen LogP contribution in [-0.4, -0.2) is 31.4 Å². The van der Waals surface area contributed by atoms with Gasteiger partial charge in [-0.3, -0.25) is 4.79 Å². The van der Waals surface area contributed by atoms with Gasteiger partial charge >= 0.3 is 11.9 Å². The zero-order chi connectivity index (χ0) is 27.2. The topological polar surface area (TPSA) is 78.9 Å². The fourth-order valence-corrected chi connectivity index (χ4v) is 3.89. The molecule has 198 valence electrons. The van der Waals surface area contributed by atoms with Gasteiger partial charge in [0, 0.05) is 6.08 Å². The third-order valence-electron chi connectivity index (χ3n) is 5.97. The van der Waals surface area contributed by atoms with Crippen molar-refractivity contribution in [3.05, 3.63) is 96.1 Å². The number of unbranched alkanes of at least 4 members (excludes halogenated alkanes) is 3. The smallest absolute Gasteiger partial charge is 0.343 e. The van der Waals surface area contributed by atoms with Crippen molar-refractivity contribution in [2.75, 3.05) is 13.2 Å². The minimum absolute atomic E-state index is 0.218. The third kappa shape index (κ3) is 8.73. The van der Waals surface area contributed by atoms with Gasteiger partial charge in [0.25, 0.3) is 0 Å². The van der Waals surface area contributed by atoms with Crippen LogP contribution in [0.15, 0.2) is 79.4 Å². The Balaban J connectivity index is 1.48. The molecule has 0 atom stereocenters. The number of aldehydes is 1. The second kappa shape index (κ2) is 15.2. The number of ether oxygens (including phenoxy) is 3. The molecule has 0 N–H and O–H groups in total. The number of hydrogen-bond acceptors (Lipinski definition) is 6. The van der Waals surface area contributed by atoms with Crippen molar-refractivity contribution in [1.29, 1.82) is 0 Å². The van der Waals surface area contributed by atoms with Crippen LogP contribution in [-0.2, 0) is 16.0 Å². The van der Waals surface area contributed by atoms with Crippen molar-refractivity contribution in [1.82, 2.24) is 0 Å². The summed E-state index contributed by atoms with van der Waals surface area (Å²) in [7, 11) is 0. The predicted molar refractivity (Wildman–Crippen MR) is 148 cm³/mol. The van der Waals surface area contributed by atoms with E-state index in [0.717, 1.165) is 55.7 Å². The molecule has 0 saturated carbocycles. The van der Waals surface area contributed by atoms with Gasteiger partial charge in [0.1, 0.15) is 11.5 Å². The first-order valence-corrected chi connectivity index (χ1v) is 13.0. The quantitative estimate of drug-likeness (QED) is 0.0714. The predicted octanol–water partition coefficient (Wildman–Crippen LogP) is 7.01. The molecule has 0 saturated heterocycles. The summed E-state index contributed by atoms with van der Waals surface area (Å²) in [6, 6.07) is 20.2. The molecule has 3 aromatic carbocycles. The Hall–Kier alpha value is -4.19. The Kier molecular flexibility index (Phi) is 11.3. The first-order chi connectivity index (χ1) is 18.5. The van der Waals surface area contributed by atoms with Crippen LogP contribution in [0.5, 0.6) is 11.5 Å². The fraction of sp³-hybridized carbons (Fsp3) is 0.281. The number of esters is 2. The van der Waals surface area contributed by atoms with E-state index in [1.54, 1.807) is 36.4 Å². The van der Waals surface area contributed by atoms with Crippen molar-refractivity contribution < 1.29 is 28.6 Å². The van der Waals surface area contributed by atoms with Crippen LogP contribution in [0.4, 0.5) is 0 Å². The molecular weight excluding hydrogens is 480 g/mol. The Labute approximate surface area is 224 Å². The summed E-state index contributed by atoms with van der Waals surface area (Å²) in [5.41, 5.74) is 3.82. The van der Waals surface area contributed by atoms with E-state index in [4.69, 9.17) is 14.2 Å². The Morgan fingerprint density at radius 1 is 0.842 bits per heavy atom. The first kappa shape index (κ1) is 28.4. The fourth-order valence-electron chi connectivity index (χ4n) is 3.89. The zero-order valence-electron chi connectivity index (χ0n) is 21.8. The van der Waals surface area contributed by atoms with Gasteiger partial charge in [-0.05, 0) is 85.2 Å². The molecule has 0 amide bonds. The third-order valence-corrected chi connectivity index (χ3v) is 5.97. The van der Waals surface area contributed by atoms with E-state index < -0.39 is 11.9 Å². The Morgan fingerprint density at radius 2 is 1.53 bits per heavy atom. The number of carbonyl (C=O) groups excluding carboxylic acids is 3. The standard InChI is InChI=1S/C32H34O6/c1-3-9-24-10-12-25(13-11-24)27-16-19-30(28(22-27)23-33)38-32(35)26-14-17-29(18-15-26)36-20-7-5-6-8-21-37-31(34)4-2/h4,10-19,22-23H,2-3,5-9,20-21H2,1H3. The van der Waals surface area contributed by atoms with E-state index in [1.807, 2.05) is 18.2 Å². The number of aryl methyl sites for hydroxylation is 1. The average Bonchev–Trinajstić information content (AvgIpc) is 2.95. The van der Waals surface area contributed by atoms with Crippen molar-refractivity contribution >= 4 is 18.2 Å². The first-order valence-electron chi connectivity index (χ1n) is 13.0. The van der Waals surface area contributed by atoms with Gasteiger partial charge < -0.3 is 14.2 Å². The highest BCUT2D eigenvalue weighted by atomic mass is 16.5. The van der Waals surface area contributed by atoms with Crippen LogP contribution < -0.4 is 9.47 Å². The summed E-state index contributed by atoms with van der Waals surface area (Å²) in [5, 5.41) is 0. The lowest BCUT2D eigenvalue weighted by atomic mass is 10.0. The van der Waals surface area contributed by atoms with Crippen molar-refractivity contribution in [2.45, 2.75) is 45.4 Å². The number of hydrogen-bond donors (Lipinski definition) is 0. The summed E-state index contributed by atoms with van der Waals surface area (Å²) in [6.07, 6.45) is 7.54. The van der Waals surface area contributed by atoms with Gasteiger partial charge in [0.15, 0.2) is 6.29 Å². The van der Waals surface area contributed by atoms with Gasteiger partial charge in [-0.25, -0.2) is 9.59 Å². The van der Waals surface area contributed by atoms with E-state index in [9.17, 15) is 14.4 Å². The van der Waals surface area contributed by atoms with Crippen molar-refractivity contribution in [2.24, 2.45) is 0 Å². The van der Waals surface area contributed by atoms with Crippen LogP contribution in [0.25, 0.3) is 11.1 Å². The molecular formula is C32H34O6. The van der Waals surface area contributed by atoms with E-state index in [-0.39, 0.29) is 5.75 Å². The van der Waals surface area contributed by atoms with Crippen LogP contribution in [0.3, 0.4) is 0 Å². The molecule has 0 aliphatic rings. The number of benzene rings is 3. The molecule has 6 nitrogen and oxygen atoms in total. The molecule has 0 aliphatic carbocycles. The summed E-state index contributed by atoms with van der Waals surface area (Å²) >= 11 is 0. The molecule has 0 aliphatic heterocycles. The second-order valence-corrected chi connectivity index (χ2v) is 8.87. The Morgan fingerprint density at radius 3 is 2.18 bits per heavy atom. The van der Waals surface area contributed by atoms with Crippen LogP contribution in [0, 0.1) is 0 Å².